The zero-order valence-electron chi connectivity index (χ0n) is 7.23. The molecule has 0 unspecified atom stereocenters. The molecule has 2 rings (SSSR count). The van der Waals surface area contributed by atoms with Crippen LogP contribution in [0.15, 0.2) is 59.8 Å². The number of carbonyl (C=O) groups excluding carboxylic acids is 1. The summed E-state index contributed by atoms with van der Waals surface area (Å²) in [6.07, 6.45) is 16.0. The van der Waals surface area contributed by atoms with Crippen molar-refractivity contribution in [1.82, 2.24) is 0 Å². The highest BCUT2D eigenvalue weighted by Crippen LogP contribution is 2.19. The van der Waals surface area contributed by atoms with Gasteiger partial charge in [-0.3, -0.25) is 4.79 Å². The van der Waals surface area contributed by atoms with Gasteiger partial charge in [0.1, 0.15) is 0 Å². The maximum atomic E-state index is 11.4. The second-order valence-electron chi connectivity index (χ2n) is 3.01. The molecule has 0 saturated carbocycles. The van der Waals surface area contributed by atoms with E-state index in [1.54, 1.807) is 12.2 Å². The van der Waals surface area contributed by atoms with Crippen molar-refractivity contribution in [3.8, 4) is 0 Å². The lowest BCUT2D eigenvalue weighted by atomic mass is 9.95. The highest BCUT2D eigenvalue weighted by atomic mass is 16.1. The fourth-order valence-electron chi connectivity index (χ4n) is 1.44. The topological polar surface area (TPSA) is 17.1 Å². The van der Waals surface area contributed by atoms with Crippen LogP contribution < -0.4 is 0 Å². The van der Waals surface area contributed by atoms with Crippen LogP contribution >= 0.6 is 0 Å². The summed E-state index contributed by atoms with van der Waals surface area (Å²) in [5, 5.41) is 0. The summed E-state index contributed by atoms with van der Waals surface area (Å²) in [7, 11) is 0. The molecule has 2 aliphatic rings. The summed E-state index contributed by atoms with van der Waals surface area (Å²) in [4.78, 5) is 11.4. The van der Waals surface area contributed by atoms with Crippen molar-refractivity contribution in [3.63, 3.8) is 0 Å². The summed E-state index contributed by atoms with van der Waals surface area (Å²) in [5.74, 6) is 0.109. The Morgan fingerprint density at radius 1 is 0.923 bits per heavy atom. The van der Waals surface area contributed by atoms with E-state index >= 15 is 0 Å². The Morgan fingerprint density at radius 2 is 1.69 bits per heavy atom. The van der Waals surface area contributed by atoms with Crippen molar-refractivity contribution in [2.24, 2.45) is 0 Å². The van der Waals surface area contributed by atoms with E-state index in [-0.39, 0.29) is 5.78 Å². The summed E-state index contributed by atoms with van der Waals surface area (Å²) in [6.45, 7) is 0. The number of carbonyl (C=O) groups is 1. The second-order valence-corrected chi connectivity index (χ2v) is 3.01. The van der Waals surface area contributed by atoms with E-state index < -0.39 is 0 Å². The predicted octanol–water partition coefficient (Wildman–Crippen LogP) is 2.49. The molecule has 0 aromatic carbocycles. The van der Waals surface area contributed by atoms with Crippen LogP contribution in [0.5, 0.6) is 0 Å². The molecule has 0 bridgehead atoms. The van der Waals surface area contributed by atoms with Gasteiger partial charge in [-0.2, -0.15) is 0 Å². The quantitative estimate of drug-likeness (QED) is 0.510. The third-order valence-corrected chi connectivity index (χ3v) is 2.12. The molecule has 0 aliphatic heterocycles. The monoisotopic (exact) mass is 170 g/mol. The molecule has 13 heavy (non-hydrogen) atoms. The van der Waals surface area contributed by atoms with Crippen molar-refractivity contribution in [2.75, 3.05) is 0 Å². The Kier molecular flexibility index (Phi) is 2.09. The van der Waals surface area contributed by atoms with Gasteiger partial charge in [0.2, 0.25) is 0 Å². The average Bonchev–Trinajstić information content (AvgIpc) is 2.20. The Hall–Kier alpha value is -1.63. The Labute approximate surface area is 77.5 Å². The van der Waals surface area contributed by atoms with E-state index in [9.17, 15) is 4.79 Å². The van der Waals surface area contributed by atoms with Crippen molar-refractivity contribution >= 4 is 5.78 Å². The van der Waals surface area contributed by atoms with Gasteiger partial charge in [-0.25, -0.2) is 0 Å². The molecule has 0 amide bonds. The second kappa shape index (κ2) is 3.40. The first-order valence-corrected chi connectivity index (χ1v) is 4.33. The van der Waals surface area contributed by atoms with Crippen LogP contribution in [0.1, 0.15) is 6.42 Å². The first-order chi connectivity index (χ1) is 6.38. The Bertz CT molecular complexity index is 376. The lowest BCUT2D eigenvalue weighted by Crippen LogP contribution is -2.02. The minimum Gasteiger partial charge on any atom is -0.289 e. The van der Waals surface area contributed by atoms with Crippen molar-refractivity contribution in [3.05, 3.63) is 59.8 Å². The summed E-state index contributed by atoms with van der Waals surface area (Å²) in [6, 6.07) is 0. The van der Waals surface area contributed by atoms with E-state index in [4.69, 9.17) is 0 Å². The lowest BCUT2D eigenvalue weighted by Gasteiger charge is -2.08. The zero-order chi connectivity index (χ0) is 9.10. The van der Waals surface area contributed by atoms with Gasteiger partial charge >= 0.3 is 0 Å². The predicted molar refractivity (Wildman–Crippen MR) is 53.2 cm³/mol. The van der Waals surface area contributed by atoms with Gasteiger partial charge in [-0.05, 0) is 18.1 Å². The minimum atomic E-state index is 0.109. The molecule has 0 N–H and O–H groups in total. The minimum absolute atomic E-state index is 0.109. The Morgan fingerprint density at radius 3 is 2.38 bits per heavy atom. The number of hydrogen-bond acceptors (Lipinski definition) is 1. The van der Waals surface area contributed by atoms with E-state index in [1.165, 1.54) is 0 Å². The fourth-order valence-corrected chi connectivity index (χ4v) is 1.44. The van der Waals surface area contributed by atoms with E-state index in [0.717, 1.165) is 17.6 Å². The summed E-state index contributed by atoms with van der Waals surface area (Å²) < 4.78 is 0. The number of rotatable bonds is 0. The number of hydrogen-bond donors (Lipinski definition) is 0. The van der Waals surface area contributed by atoms with Gasteiger partial charge in [0.05, 0.1) is 0 Å². The van der Waals surface area contributed by atoms with E-state index in [0.29, 0.717) is 0 Å². The fraction of sp³-hybridized carbons (Fsp3) is 0.0833. The van der Waals surface area contributed by atoms with Crippen LogP contribution in [0.2, 0.25) is 0 Å². The normalized spacial score (nSPS) is 25.7. The molecule has 0 fully saturated rings. The number of ketones is 1. The largest absolute Gasteiger partial charge is 0.289 e. The van der Waals surface area contributed by atoms with Gasteiger partial charge < -0.3 is 0 Å². The van der Waals surface area contributed by atoms with Crippen LogP contribution in [-0.4, -0.2) is 5.78 Å². The molecule has 0 saturated heterocycles. The van der Waals surface area contributed by atoms with E-state index in [1.807, 2.05) is 30.4 Å². The lowest BCUT2D eigenvalue weighted by molar-refractivity contribution is -0.111. The van der Waals surface area contributed by atoms with E-state index in [2.05, 4.69) is 6.08 Å². The molecular formula is C12H10O. The van der Waals surface area contributed by atoms with Crippen molar-refractivity contribution in [1.29, 1.82) is 0 Å². The van der Waals surface area contributed by atoms with Crippen molar-refractivity contribution in [2.45, 2.75) is 6.42 Å². The SMILES string of the molecule is O=C1C=CC=CC1=C1C=CC=CC1. The smallest absolute Gasteiger partial charge is 0.186 e. The molecule has 0 radical (unpaired) electrons. The van der Waals surface area contributed by atoms with Crippen LogP contribution in [-0.2, 0) is 4.79 Å². The maximum absolute atomic E-state index is 11.4. The van der Waals surface area contributed by atoms with Crippen LogP contribution in [0.3, 0.4) is 0 Å². The van der Waals surface area contributed by atoms with Crippen molar-refractivity contribution < 1.29 is 4.79 Å². The summed E-state index contributed by atoms with van der Waals surface area (Å²) >= 11 is 0. The first-order valence-electron chi connectivity index (χ1n) is 4.33. The van der Waals surface area contributed by atoms with Gasteiger partial charge in [-0.1, -0.05) is 42.5 Å². The maximum Gasteiger partial charge on any atom is 0.186 e. The Balaban J connectivity index is 2.38. The van der Waals surface area contributed by atoms with Crippen LogP contribution in [0.4, 0.5) is 0 Å². The molecule has 0 aromatic rings. The molecule has 0 heterocycles. The average molecular weight is 170 g/mol. The molecule has 1 heteroatoms. The summed E-state index contributed by atoms with van der Waals surface area (Å²) in [5.41, 5.74) is 1.93. The molecule has 64 valence electrons. The molecule has 0 atom stereocenters. The number of allylic oxidation sites excluding steroid dienone is 10. The van der Waals surface area contributed by atoms with Gasteiger partial charge in [0.15, 0.2) is 5.78 Å². The third kappa shape index (κ3) is 1.59. The van der Waals surface area contributed by atoms with Gasteiger partial charge in [0, 0.05) is 5.57 Å². The van der Waals surface area contributed by atoms with Gasteiger partial charge in [0.25, 0.3) is 0 Å². The van der Waals surface area contributed by atoms with Crippen LogP contribution in [0, 0.1) is 0 Å². The third-order valence-electron chi connectivity index (χ3n) is 2.12. The zero-order valence-corrected chi connectivity index (χ0v) is 7.23. The first kappa shape index (κ1) is 7.99. The molecule has 1 nitrogen and oxygen atoms in total. The highest BCUT2D eigenvalue weighted by molar-refractivity contribution is 6.08. The molecular weight excluding hydrogens is 160 g/mol. The molecule has 2 aliphatic carbocycles. The van der Waals surface area contributed by atoms with Gasteiger partial charge in [-0.15, -0.1) is 0 Å². The highest BCUT2D eigenvalue weighted by Gasteiger charge is 2.10. The standard InChI is InChI=1S/C12H10O/c13-12-9-5-4-8-11(12)10-6-2-1-3-7-10/h1-6,8-9H,7H2. The molecule has 0 aromatic heterocycles. The van der Waals surface area contributed by atoms with Crippen LogP contribution in [0.25, 0.3) is 0 Å². The molecule has 0 spiro atoms.